The van der Waals surface area contributed by atoms with E-state index in [9.17, 15) is 4.79 Å². The molecule has 2 unspecified atom stereocenters. The molecule has 2 atom stereocenters. The van der Waals surface area contributed by atoms with Crippen LogP contribution in [0, 0.1) is 5.92 Å². The summed E-state index contributed by atoms with van der Waals surface area (Å²) < 4.78 is 5.30. The molecule has 0 radical (unpaired) electrons. The van der Waals surface area contributed by atoms with E-state index >= 15 is 0 Å². The van der Waals surface area contributed by atoms with Gasteiger partial charge in [-0.1, -0.05) is 42.5 Å². The van der Waals surface area contributed by atoms with Crippen molar-refractivity contribution in [1.29, 1.82) is 0 Å². The van der Waals surface area contributed by atoms with Crippen LogP contribution >= 0.6 is 0 Å². The second kappa shape index (κ2) is 7.96. The van der Waals surface area contributed by atoms with Gasteiger partial charge >= 0.3 is 0 Å². The van der Waals surface area contributed by atoms with Gasteiger partial charge in [-0.15, -0.1) is 0 Å². The van der Waals surface area contributed by atoms with E-state index in [2.05, 4.69) is 41.5 Å². The molecule has 148 valence electrons. The molecule has 0 bridgehead atoms. The second-order valence-corrected chi connectivity index (χ2v) is 8.26. The highest BCUT2D eigenvalue weighted by Crippen LogP contribution is 2.48. The van der Waals surface area contributed by atoms with Crippen molar-refractivity contribution in [3.63, 3.8) is 0 Å². The van der Waals surface area contributed by atoms with Gasteiger partial charge in [0.25, 0.3) is 0 Å². The maximum Gasteiger partial charge on any atom is 0.230 e. The summed E-state index contributed by atoms with van der Waals surface area (Å²) in [5.74, 6) is 1.49. The molecule has 1 amide bonds. The summed E-state index contributed by atoms with van der Waals surface area (Å²) in [6.07, 6.45) is 4.22. The van der Waals surface area contributed by atoms with Crippen LogP contribution in [0.15, 0.2) is 54.6 Å². The smallest absolute Gasteiger partial charge is 0.230 e. The summed E-state index contributed by atoms with van der Waals surface area (Å²) in [5.41, 5.74) is 2.16. The zero-order chi connectivity index (χ0) is 19.6. The summed E-state index contributed by atoms with van der Waals surface area (Å²) in [7, 11) is 3.88. The number of carbonyl (C=O) groups excluding carboxylic acids is 1. The highest BCUT2D eigenvalue weighted by atomic mass is 16.5. The van der Waals surface area contributed by atoms with Gasteiger partial charge < -0.3 is 10.1 Å². The minimum Gasteiger partial charge on any atom is -0.497 e. The summed E-state index contributed by atoms with van der Waals surface area (Å²) in [6.45, 7) is 1.82. The molecule has 1 saturated carbocycles. The third-order valence-corrected chi connectivity index (χ3v) is 6.50. The lowest BCUT2D eigenvalue weighted by atomic mass is 9.84. The molecule has 0 spiro atoms. The van der Waals surface area contributed by atoms with Gasteiger partial charge in [-0.25, -0.2) is 0 Å². The van der Waals surface area contributed by atoms with Gasteiger partial charge in [0, 0.05) is 12.6 Å². The Bertz CT molecular complexity index is 799. The van der Waals surface area contributed by atoms with Gasteiger partial charge in [-0.3, -0.25) is 9.69 Å². The number of nitrogens with zero attached hydrogens (tertiary/aromatic N) is 1. The van der Waals surface area contributed by atoms with Gasteiger partial charge in [0.1, 0.15) is 5.75 Å². The number of nitrogens with one attached hydrogen (secondary N) is 1. The van der Waals surface area contributed by atoms with Crippen molar-refractivity contribution in [2.75, 3.05) is 27.2 Å². The molecule has 4 heteroatoms. The molecule has 1 heterocycles. The largest absolute Gasteiger partial charge is 0.497 e. The molecule has 4 rings (SSSR count). The molecule has 1 aliphatic heterocycles. The number of hydrogen-bond donors (Lipinski definition) is 1. The molecule has 0 aromatic heterocycles. The average molecular weight is 379 g/mol. The van der Waals surface area contributed by atoms with Crippen LogP contribution in [0.25, 0.3) is 0 Å². The van der Waals surface area contributed by atoms with Gasteiger partial charge in [0.15, 0.2) is 0 Å². The molecule has 1 saturated heterocycles. The number of likely N-dealkylation sites (tertiary alicyclic amines) is 1. The van der Waals surface area contributed by atoms with Crippen molar-refractivity contribution in [1.82, 2.24) is 10.2 Å². The van der Waals surface area contributed by atoms with Crippen LogP contribution in [0.1, 0.15) is 42.9 Å². The van der Waals surface area contributed by atoms with Crippen LogP contribution in [0.3, 0.4) is 0 Å². The lowest BCUT2D eigenvalue weighted by Crippen LogP contribution is -2.44. The van der Waals surface area contributed by atoms with Crippen molar-refractivity contribution in [3.8, 4) is 5.75 Å². The van der Waals surface area contributed by atoms with Gasteiger partial charge in [0.2, 0.25) is 5.91 Å². The van der Waals surface area contributed by atoms with Crippen molar-refractivity contribution < 1.29 is 9.53 Å². The number of carbonyl (C=O) groups is 1. The van der Waals surface area contributed by atoms with Crippen molar-refractivity contribution in [2.24, 2.45) is 5.92 Å². The first-order chi connectivity index (χ1) is 13.6. The molecule has 2 aromatic rings. The number of rotatable bonds is 6. The fourth-order valence-corrected chi connectivity index (χ4v) is 4.72. The Balaban J connectivity index is 1.45. The fourth-order valence-electron chi connectivity index (χ4n) is 4.72. The number of hydrogen-bond acceptors (Lipinski definition) is 3. The van der Waals surface area contributed by atoms with Crippen LogP contribution in [0.4, 0.5) is 0 Å². The van der Waals surface area contributed by atoms with E-state index in [4.69, 9.17) is 4.74 Å². The molecule has 2 fully saturated rings. The maximum atomic E-state index is 13.0. The minimum absolute atomic E-state index is 0.195. The first-order valence-corrected chi connectivity index (χ1v) is 10.3. The fraction of sp³-hybridized carbons (Fsp3) is 0.458. The lowest BCUT2D eigenvalue weighted by Gasteiger charge is -2.40. The van der Waals surface area contributed by atoms with Crippen LogP contribution in [0.2, 0.25) is 0 Å². The van der Waals surface area contributed by atoms with Crippen molar-refractivity contribution in [2.45, 2.75) is 37.1 Å². The van der Waals surface area contributed by atoms with Crippen LogP contribution in [-0.2, 0) is 10.2 Å². The van der Waals surface area contributed by atoms with E-state index in [0.29, 0.717) is 12.0 Å². The summed E-state index contributed by atoms with van der Waals surface area (Å²) in [6, 6.07) is 18.9. The summed E-state index contributed by atoms with van der Waals surface area (Å²) in [5, 5.41) is 3.31. The SMILES string of the molecule is COc1ccc(C2C(CNC(=O)C3(c4ccccc4)CC3)CCCN2C)cc1. The first-order valence-electron chi connectivity index (χ1n) is 10.3. The van der Waals surface area contributed by atoms with Crippen LogP contribution in [-0.4, -0.2) is 38.1 Å². The molecular formula is C24H30N2O2. The van der Waals surface area contributed by atoms with Gasteiger partial charge in [-0.05, 0) is 68.5 Å². The quantitative estimate of drug-likeness (QED) is 0.828. The second-order valence-electron chi connectivity index (χ2n) is 8.26. The van der Waals surface area contributed by atoms with Crippen molar-refractivity contribution in [3.05, 3.63) is 65.7 Å². The lowest BCUT2D eigenvalue weighted by molar-refractivity contribution is -0.124. The van der Waals surface area contributed by atoms with E-state index in [1.807, 2.05) is 30.3 Å². The van der Waals surface area contributed by atoms with Gasteiger partial charge in [-0.2, -0.15) is 0 Å². The van der Waals surface area contributed by atoms with Crippen molar-refractivity contribution >= 4 is 5.91 Å². The number of ether oxygens (including phenoxy) is 1. The topological polar surface area (TPSA) is 41.6 Å². The number of amides is 1. The molecule has 1 N–H and O–H groups in total. The zero-order valence-corrected chi connectivity index (χ0v) is 16.9. The van der Waals surface area contributed by atoms with E-state index < -0.39 is 0 Å². The number of piperidine rings is 1. The standard InChI is InChI=1S/C24H30N2O2/c1-26-16-6-7-19(22(26)18-10-12-21(28-2)13-11-18)17-25-23(27)24(14-15-24)20-8-4-3-5-9-20/h3-5,8-13,19,22H,6-7,14-17H2,1-2H3,(H,25,27). The monoisotopic (exact) mass is 378 g/mol. The Hall–Kier alpha value is -2.33. The third-order valence-electron chi connectivity index (χ3n) is 6.50. The summed E-state index contributed by atoms with van der Waals surface area (Å²) >= 11 is 0. The van der Waals surface area contributed by atoms with Gasteiger partial charge in [0.05, 0.1) is 12.5 Å². The van der Waals surface area contributed by atoms with Crippen LogP contribution < -0.4 is 10.1 Å². The Morgan fingerprint density at radius 3 is 2.50 bits per heavy atom. The van der Waals surface area contributed by atoms with E-state index in [1.165, 1.54) is 12.0 Å². The minimum atomic E-state index is -0.294. The number of benzene rings is 2. The predicted octanol–water partition coefficient (Wildman–Crippen LogP) is 3.93. The predicted molar refractivity (Wildman–Crippen MR) is 111 cm³/mol. The Labute approximate surface area is 167 Å². The molecule has 1 aliphatic carbocycles. The number of methoxy groups -OCH3 is 1. The van der Waals surface area contributed by atoms with E-state index in [1.54, 1.807) is 7.11 Å². The average Bonchev–Trinajstić information content (AvgIpc) is 3.55. The Morgan fingerprint density at radius 2 is 1.86 bits per heavy atom. The molecule has 28 heavy (non-hydrogen) atoms. The van der Waals surface area contributed by atoms with Crippen LogP contribution in [0.5, 0.6) is 5.75 Å². The normalized spacial score (nSPS) is 23.8. The van der Waals surface area contributed by atoms with E-state index in [-0.39, 0.29) is 11.3 Å². The zero-order valence-electron chi connectivity index (χ0n) is 16.9. The molecule has 2 aliphatic rings. The first kappa shape index (κ1) is 19.0. The molecule has 2 aromatic carbocycles. The Kier molecular flexibility index (Phi) is 5.40. The Morgan fingerprint density at radius 1 is 1.14 bits per heavy atom. The highest BCUT2D eigenvalue weighted by molar-refractivity contribution is 5.91. The maximum absolute atomic E-state index is 13.0. The highest BCUT2D eigenvalue weighted by Gasteiger charge is 2.51. The summed E-state index contributed by atoms with van der Waals surface area (Å²) in [4.78, 5) is 15.5. The molecule has 4 nitrogen and oxygen atoms in total. The van der Waals surface area contributed by atoms with E-state index in [0.717, 1.165) is 43.7 Å². The molecular weight excluding hydrogens is 348 g/mol. The third kappa shape index (κ3) is 3.66.